The van der Waals surface area contributed by atoms with Crippen LogP contribution in [0.15, 0.2) is 6.20 Å². The maximum atomic E-state index is 12.3. The van der Waals surface area contributed by atoms with Crippen molar-refractivity contribution in [1.29, 1.82) is 0 Å². The summed E-state index contributed by atoms with van der Waals surface area (Å²) in [5.74, 6) is 0.936. The summed E-state index contributed by atoms with van der Waals surface area (Å²) in [5.41, 5.74) is 6.63. The number of rotatable bonds is 6. The highest BCUT2D eigenvalue weighted by atomic mass is 32.2. The molecule has 6 heteroatoms. The molecule has 1 rings (SSSR count). The van der Waals surface area contributed by atoms with Gasteiger partial charge in [-0.1, -0.05) is 0 Å². The lowest BCUT2D eigenvalue weighted by atomic mass is 10.2. The van der Waals surface area contributed by atoms with E-state index in [1.54, 1.807) is 34.6 Å². The molecule has 102 valence electrons. The Bertz CT molecular complexity index is 405. The lowest BCUT2D eigenvalue weighted by Crippen LogP contribution is -2.36. The highest BCUT2D eigenvalue weighted by molar-refractivity contribution is 7.98. The van der Waals surface area contributed by atoms with Gasteiger partial charge in [0.25, 0.3) is 5.91 Å². The van der Waals surface area contributed by atoms with Crippen LogP contribution in [0.25, 0.3) is 0 Å². The van der Waals surface area contributed by atoms with Crippen LogP contribution >= 0.6 is 11.8 Å². The third-order valence-electron chi connectivity index (χ3n) is 3.04. The van der Waals surface area contributed by atoms with E-state index < -0.39 is 0 Å². The van der Waals surface area contributed by atoms with Crippen LogP contribution in [0.3, 0.4) is 0 Å². The molecule has 1 unspecified atom stereocenters. The summed E-state index contributed by atoms with van der Waals surface area (Å²) < 4.78 is 1.68. The lowest BCUT2D eigenvalue weighted by molar-refractivity contribution is 0.0735. The maximum Gasteiger partial charge on any atom is 0.276 e. The second-order valence-corrected chi connectivity index (χ2v) is 5.32. The first kappa shape index (κ1) is 14.9. The van der Waals surface area contributed by atoms with Crippen molar-refractivity contribution in [3.05, 3.63) is 11.9 Å². The fourth-order valence-corrected chi connectivity index (χ4v) is 2.19. The molecule has 0 fully saturated rings. The van der Waals surface area contributed by atoms with Gasteiger partial charge in [-0.25, -0.2) is 0 Å². The Kier molecular flexibility index (Phi) is 5.53. The van der Waals surface area contributed by atoms with E-state index in [0.717, 1.165) is 12.2 Å². The van der Waals surface area contributed by atoms with E-state index in [-0.39, 0.29) is 11.9 Å². The molecule has 1 atom stereocenters. The van der Waals surface area contributed by atoms with Gasteiger partial charge in [-0.15, -0.1) is 0 Å². The number of anilines is 1. The van der Waals surface area contributed by atoms with Crippen LogP contribution in [-0.2, 0) is 6.54 Å². The second-order valence-electron chi connectivity index (χ2n) is 4.34. The predicted octanol–water partition coefficient (Wildman–Crippen LogP) is 1.70. The molecule has 1 amide bonds. The van der Waals surface area contributed by atoms with Crippen molar-refractivity contribution in [3.63, 3.8) is 0 Å². The van der Waals surface area contributed by atoms with E-state index in [2.05, 4.69) is 11.4 Å². The van der Waals surface area contributed by atoms with Gasteiger partial charge in [0.15, 0.2) is 5.69 Å². The van der Waals surface area contributed by atoms with Crippen molar-refractivity contribution in [2.45, 2.75) is 32.9 Å². The number of hydrogen-bond donors (Lipinski definition) is 1. The number of carbonyl (C=O) groups is 1. The minimum Gasteiger partial charge on any atom is -0.396 e. The molecule has 0 aliphatic heterocycles. The summed E-state index contributed by atoms with van der Waals surface area (Å²) in [5, 5.41) is 4.21. The van der Waals surface area contributed by atoms with Crippen LogP contribution in [0.5, 0.6) is 0 Å². The number of nitrogens with two attached hydrogens (primary N) is 1. The van der Waals surface area contributed by atoms with Crippen LogP contribution < -0.4 is 5.73 Å². The number of aromatic nitrogens is 2. The SMILES string of the molecule is CCn1cc(N)c(C(=O)N(C)C(C)CCSC)n1. The minimum absolute atomic E-state index is 0.103. The summed E-state index contributed by atoms with van der Waals surface area (Å²) in [6.45, 7) is 4.72. The van der Waals surface area contributed by atoms with Crippen molar-refractivity contribution >= 4 is 23.4 Å². The van der Waals surface area contributed by atoms with E-state index in [1.165, 1.54) is 0 Å². The fourth-order valence-electron chi connectivity index (χ4n) is 1.61. The molecular formula is C12H22N4OS. The van der Waals surface area contributed by atoms with Crippen LogP contribution in [0.2, 0.25) is 0 Å². The number of thioether (sulfide) groups is 1. The molecule has 0 aromatic carbocycles. The average Bonchev–Trinajstić information content (AvgIpc) is 2.75. The van der Waals surface area contributed by atoms with E-state index in [4.69, 9.17) is 5.73 Å². The third-order valence-corrected chi connectivity index (χ3v) is 3.68. The summed E-state index contributed by atoms with van der Waals surface area (Å²) >= 11 is 1.78. The molecule has 18 heavy (non-hydrogen) atoms. The fraction of sp³-hybridized carbons (Fsp3) is 0.667. The molecule has 1 aromatic rings. The largest absolute Gasteiger partial charge is 0.396 e. The Morgan fingerprint density at radius 2 is 2.33 bits per heavy atom. The number of carbonyl (C=O) groups excluding carboxylic acids is 1. The molecule has 2 N–H and O–H groups in total. The molecule has 0 spiro atoms. The van der Waals surface area contributed by atoms with E-state index in [9.17, 15) is 4.79 Å². The topological polar surface area (TPSA) is 64.2 Å². The molecule has 0 saturated heterocycles. The van der Waals surface area contributed by atoms with Gasteiger partial charge in [0.2, 0.25) is 0 Å². The van der Waals surface area contributed by atoms with Crippen LogP contribution in [-0.4, -0.2) is 45.7 Å². The Hall–Kier alpha value is -1.17. The minimum atomic E-state index is -0.103. The van der Waals surface area contributed by atoms with Gasteiger partial charge < -0.3 is 10.6 Å². The average molecular weight is 270 g/mol. The molecular weight excluding hydrogens is 248 g/mol. The van der Waals surface area contributed by atoms with Gasteiger partial charge in [-0.05, 0) is 32.3 Å². The number of nitrogens with zero attached hydrogens (tertiary/aromatic N) is 3. The van der Waals surface area contributed by atoms with Crippen LogP contribution in [0.4, 0.5) is 5.69 Å². The maximum absolute atomic E-state index is 12.3. The first-order valence-electron chi connectivity index (χ1n) is 6.10. The molecule has 0 aliphatic rings. The predicted molar refractivity (Wildman–Crippen MR) is 76.9 cm³/mol. The van der Waals surface area contributed by atoms with Gasteiger partial charge in [0.05, 0.1) is 5.69 Å². The molecule has 0 saturated carbocycles. The molecule has 0 bridgehead atoms. The smallest absolute Gasteiger partial charge is 0.276 e. The van der Waals surface area contributed by atoms with Crippen molar-refractivity contribution < 1.29 is 4.79 Å². The first-order valence-corrected chi connectivity index (χ1v) is 7.49. The van der Waals surface area contributed by atoms with Gasteiger partial charge in [0.1, 0.15) is 0 Å². The monoisotopic (exact) mass is 270 g/mol. The number of amides is 1. The number of nitrogen functional groups attached to an aromatic ring is 1. The summed E-state index contributed by atoms with van der Waals surface area (Å²) in [4.78, 5) is 14.0. The zero-order chi connectivity index (χ0) is 13.7. The van der Waals surface area contributed by atoms with Gasteiger partial charge in [0, 0.05) is 25.8 Å². The van der Waals surface area contributed by atoms with Crippen molar-refractivity contribution in [2.24, 2.45) is 0 Å². The quantitative estimate of drug-likeness (QED) is 0.854. The molecule has 0 radical (unpaired) electrons. The van der Waals surface area contributed by atoms with Crippen LogP contribution in [0, 0.1) is 0 Å². The van der Waals surface area contributed by atoms with E-state index >= 15 is 0 Å². The highest BCUT2D eigenvalue weighted by Gasteiger charge is 2.22. The second kappa shape index (κ2) is 6.68. The zero-order valence-electron chi connectivity index (χ0n) is 11.5. The Balaban J connectivity index is 2.76. The highest BCUT2D eigenvalue weighted by Crippen LogP contribution is 2.14. The van der Waals surface area contributed by atoms with Gasteiger partial charge in [-0.3, -0.25) is 9.48 Å². The Labute approximate surface area is 113 Å². The van der Waals surface area contributed by atoms with Crippen molar-refractivity contribution in [2.75, 3.05) is 24.8 Å². The summed E-state index contributed by atoms with van der Waals surface area (Å²) in [7, 11) is 1.80. The number of hydrogen-bond acceptors (Lipinski definition) is 4. The molecule has 1 aromatic heterocycles. The van der Waals surface area contributed by atoms with Crippen LogP contribution in [0.1, 0.15) is 30.8 Å². The Morgan fingerprint density at radius 1 is 1.67 bits per heavy atom. The molecule has 5 nitrogen and oxygen atoms in total. The van der Waals surface area contributed by atoms with E-state index in [1.807, 2.05) is 13.8 Å². The van der Waals surface area contributed by atoms with Gasteiger partial charge >= 0.3 is 0 Å². The third kappa shape index (κ3) is 3.41. The zero-order valence-corrected chi connectivity index (χ0v) is 12.3. The normalized spacial score (nSPS) is 12.4. The van der Waals surface area contributed by atoms with Gasteiger partial charge in [-0.2, -0.15) is 16.9 Å². The lowest BCUT2D eigenvalue weighted by Gasteiger charge is -2.24. The van der Waals surface area contributed by atoms with Crippen molar-refractivity contribution in [1.82, 2.24) is 14.7 Å². The Morgan fingerprint density at radius 3 is 2.83 bits per heavy atom. The number of aryl methyl sites for hydroxylation is 1. The van der Waals surface area contributed by atoms with Crippen molar-refractivity contribution in [3.8, 4) is 0 Å². The van der Waals surface area contributed by atoms with E-state index in [0.29, 0.717) is 17.9 Å². The summed E-state index contributed by atoms with van der Waals surface area (Å²) in [6.07, 6.45) is 4.74. The molecule has 1 heterocycles. The molecule has 0 aliphatic carbocycles. The summed E-state index contributed by atoms with van der Waals surface area (Å²) in [6, 6.07) is 0.191. The first-order chi connectivity index (χ1) is 8.51. The standard InChI is InChI=1S/C12H22N4OS/c1-5-16-8-10(13)11(14-16)12(17)15(3)9(2)6-7-18-4/h8-9H,5-7,13H2,1-4H3.